The van der Waals surface area contributed by atoms with Gasteiger partial charge in [-0.25, -0.2) is 15.0 Å². The fourth-order valence-corrected chi connectivity index (χ4v) is 1.88. The Morgan fingerprint density at radius 1 is 1.00 bits per heavy atom. The highest BCUT2D eigenvalue weighted by Gasteiger charge is 2.04. The van der Waals surface area contributed by atoms with E-state index in [0.29, 0.717) is 16.7 Å². The zero-order valence-electron chi connectivity index (χ0n) is 11.6. The van der Waals surface area contributed by atoms with Crippen molar-refractivity contribution < 1.29 is 0 Å². The molecule has 0 amide bonds. The Bertz CT molecular complexity index is 727. The fraction of sp³-hybridized carbons (Fsp3) is 0.0714. The first-order valence-corrected chi connectivity index (χ1v) is 6.42. The maximum Gasteiger partial charge on any atom is 0.132 e. The Kier molecular flexibility index (Phi) is 6.61. The van der Waals surface area contributed by atoms with E-state index < -0.39 is 0 Å². The number of anilines is 2. The average molecular weight is 359 g/mol. The van der Waals surface area contributed by atoms with E-state index in [0.717, 1.165) is 11.4 Å². The van der Waals surface area contributed by atoms with Gasteiger partial charge >= 0.3 is 0 Å². The normalized spacial score (nSPS) is 9.55. The second-order valence-corrected chi connectivity index (χ2v) is 4.76. The van der Waals surface area contributed by atoms with Crippen molar-refractivity contribution >= 4 is 48.1 Å². The summed E-state index contributed by atoms with van der Waals surface area (Å²) < 4.78 is 1.89. The van der Waals surface area contributed by atoms with Gasteiger partial charge in [-0.1, -0.05) is 17.7 Å². The third kappa shape index (κ3) is 4.34. The van der Waals surface area contributed by atoms with Crippen LogP contribution in [-0.2, 0) is 7.05 Å². The lowest BCUT2D eigenvalue weighted by Crippen LogP contribution is -1.96. The number of aryl methyl sites for hydroxylation is 1. The van der Waals surface area contributed by atoms with Gasteiger partial charge in [-0.05, 0) is 24.3 Å². The number of rotatable bonds is 3. The summed E-state index contributed by atoms with van der Waals surface area (Å²) in [7, 11) is 1.93. The SMILES string of the molecule is Cl.Cl.Cn1cnc(-c2cccc(Nc3ccc(Cl)cn3)n2)c1. The number of hydrogen-bond donors (Lipinski definition) is 1. The van der Waals surface area contributed by atoms with Crippen LogP contribution >= 0.6 is 36.4 Å². The van der Waals surface area contributed by atoms with Crippen molar-refractivity contribution in [1.82, 2.24) is 19.5 Å². The van der Waals surface area contributed by atoms with Crippen LogP contribution in [-0.4, -0.2) is 19.5 Å². The molecule has 0 aliphatic heterocycles. The monoisotopic (exact) mass is 357 g/mol. The minimum Gasteiger partial charge on any atom is -0.340 e. The Hall–Kier alpha value is -1.82. The van der Waals surface area contributed by atoms with Crippen LogP contribution in [0.5, 0.6) is 0 Å². The maximum atomic E-state index is 5.81. The lowest BCUT2D eigenvalue weighted by atomic mass is 10.3. The Morgan fingerprint density at radius 2 is 1.82 bits per heavy atom. The molecule has 0 saturated heterocycles. The molecule has 3 heterocycles. The molecule has 0 spiro atoms. The van der Waals surface area contributed by atoms with Crippen molar-refractivity contribution in [2.75, 3.05) is 5.32 Å². The Morgan fingerprint density at radius 3 is 2.45 bits per heavy atom. The predicted molar refractivity (Wildman–Crippen MR) is 93.5 cm³/mol. The van der Waals surface area contributed by atoms with E-state index in [-0.39, 0.29) is 24.8 Å². The van der Waals surface area contributed by atoms with Crippen molar-refractivity contribution in [2.24, 2.45) is 7.05 Å². The first-order valence-electron chi connectivity index (χ1n) is 6.05. The van der Waals surface area contributed by atoms with E-state index in [1.54, 1.807) is 24.7 Å². The summed E-state index contributed by atoms with van der Waals surface area (Å²) in [4.78, 5) is 13.0. The summed E-state index contributed by atoms with van der Waals surface area (Å²) in [6.45, 7) is 0. The predicted octanol–water partition coefficient (Wildman–Crippen LogP) is 4.12. The van der Waals surface area contributed by atoms with Gasteiger partial charge in [0.05, 0.1) is 17.0 Å². The molecule has 0 aliphatic carbocycles. The topological polar surface area (TPSA) is 55.6 Å². The molecule has 0 saturated carbocycles. The molecule has 3 rings (SSSR count). The van der Waals surface area contributed by atoms with Gasteiger partial charge in [-0.3, -0.25) is 0 Å². The van der Waals surface area contributed by atoms with E-state index in [2.05, 4.69) is 20.3 Å². The second-order valence-electron chi connectivity index (χ2n) is 4.32. The average Bonchev–Trinajstić information content (AvgIpc) is 2.89. The van der Waals surface area contributed by atoms with Crippen molar-refractivity contribution in [3.05, 3.63) is 54.1 Å². The molecule has 0 unspecified atom stereocenters. The van der Waals surface area contributed by atoms with Gasteiger partial charge in [-0.15, -0.1) is 24.8 Å². The molecule has 22 heavy (non-hydrogen) atoms. The second kappa shape index (κ2) is 7.98. The van der Waals surface area contributed by atoms with Crippen LogP contribution in [0.2, 0.25) is 5.02 Å². The quantitative estimate of drug-likeness (QED) is 0.765. The first-order chi connectivity index (χ1) is 9.70. The van der Waals surface area contributed by atoms with Crippen molar-refractivity contribution in [3.63, 3.8) is 0 Å². The molecule has 0 atom stereocenters. The number of pyridine rings is 2. The zero-order chi connectivity index (χ0) is 13.9. The third-order valence-electron chi connectivity index (χ3n) is 2.70. The standard InChI is InChI=1S/C14H12ClN5.2ClH/c1-20-8-12(17-9-20)11-3-2-4-14(18-11)19-13-6-5-10(15)7-16-13;;/h2-9H,1H3,(H,16,18,19);2*1H. The third-order valence-corrected chi connectivity index (χ3v) is 2.92. The van der Waals surface area contributed by atoms with E-state index in [4.69, 9.17) is 11.6 Å². The van der Waals surface area contributed by atoms with Gasteiger partial charge in [0.15, 0.2) is 0 Å². The number of aromatic nitrogens is 4. The van der Waals surface area contributed by atoms with E-state index in [1.807, 2.05) is 36.0 Å². The molecular weight excluding hydrogens is 345 g/mol. The van der Waals surface area contributed by atoms with Gasteiger partial charge in [0.2, 0.25) is 0 Å². The summed E-state index contributed by atoms with van der Waals surface area (Å²) in [6.07, 6.45) is 5.26. The Balaban J connectivity index is 0.00000121. The van der Waals surface area contributed by atoms with Crippen molar-refractivity contribution in [3.8, 4) is 11.4 Å². The van der Waals surface area contributed by atoms with Crippen LogP contribution in [0.3, 0.4) is 0 Å². The lowest BCUT2D eigenvalue weighted by molar-refractivity contribution is 0.913. The molecule has 8 heteroatoms. The summed E-state index contributed by atoms with van der Waals surface area (Å²) in [6, 6.07) is 9.30. The van der Waals surface area contributed by atoms with Crippen LogP contribution < -0.4 is 5.32 Å². The van der Waals surface area contributed by atoms with Crippen molar-refractivity contribution in [2.45, 2.75) is 0 Å². The van der Waals surface area contributed by atoms with Gasteiger partial charge in [0.1, 0.15) is 17.3 Å². The van der Waals surface area contributed by atoms with Crippen molar-refractivity contribution in [1.29, 1.82) is 0 Å². The molecule has 0 bridgehead atoms. The van der Waals surface area contributed by atoms with Gasteiger partial charge in [-0.2, -0.15) is 0 Å². The van der Waals surface area contributed by atoms with E-state index >= 15 is 0 Å². The molecule has 116 valence electrons. The highest BCUT2D eigenvalue weighted by atomic mass is 35.5. The van der Waals surface area contributed by atoms with Gasteiger partial charge < -0.3 is 9.88 Å². The van der Waals surface area contributed by atoms with Crippen LogP contribution in [0.25, 0.3) is 11.4 Å². The van der Waals surface area contributed by atoms with E-state index in [1.165, 1.54) is 0 Å². The molecule has 0 aromatic carbocycles. The summed E-state index contributed by atoms with van der Waals surface area (Å²) >= 11 is 5.81. The molecule has 0 aliphatic rings. The summed E-state index contributed by atoms with van der Waals surface area (Å²) in [5, 5.41) is 3.74. The smallest absolute Gasteiger partial charge is 0.132 e. The molecule has 1 N–H and O–H groups in total. The minimum absolute atomic E-state index is 0. The number of halogens is 3. The zero-order valence-corrected chi connectivity index (χ0v) is 14.0. The van der Waals surface area contributed by atoms with Gasteiger partial charge in [0, 0.05) is 19.4 Å². The molecule has 3 aromatic heterocycles. The molecule has 0 fully saturated rings. The molecule has 3 aromatic rings. The number of imidazole rings is 1. The number of nitrogens with zero attached hydrogens (tertiary/aromatic N) is 4. The summed E-state index contributed by atoms with van der Waals surface area (Å²) in [5.41, 5.74) is 1.64. The van der Waals surface area contributed by atoms with Crippen LogP contribution in [0.4, 0.5) is 11.6 Å². The number of nitrogens with one attached hydrogen (secondary N) is 1. The van der Waals surface area contributed by atoms with Crippen LogP contribution in [0.1, 0.15) is 0 Å². The molecule has 0 radical (unpaired) electrons. The maximum absolute atomic E-state index is 5.81. The lowest BCUT2D eigenvalue weighted by Gasteiger charge is -2.05. The molecular formula is C14H14Cl3N5. The van der Waals surface area contributed by atoms with Crippen LogP contribution in [0, 0.1) is 0 Å². The highest BCUT2D eigenvalue weighted by Crippen LogP contribution is 2.19. The number of hydrogen-bond acceptors (Lipinski definition) is 4. The first kappa shape index (κ1) is 18.2. The Labute approximate surface area is 145 Å². The van der Waals surface area contributed by atoms with Crippen LogP contribution in [0.15, 0.2) is 49.1 Å². The molecule has 5 nitrogen and oxygen atoms in total. The summed E-state index contributed by atoms with van der Waals surface area (Å²) in [5.74, 6) is 1.41. The van der Waals surface area contributed by atoms with E-state index in [9.17, 15) is 0 Å². The largest absolute Gasteiger partial charge is 0.340 e. The fourth-order valence-electron chi connectivity index (χ4n) is 1.77. The minimum atomic E-state index is 0. The van der Waals surface area contributed by atoms with Gasteiger partial charge in [0.25, 0.3) is 0 Å². The highest BCUT2D eigenvalue weighted by molar-refractivity contribution is 6.30.